The van der Waals surface area contributed by atoms with Gasteiger partial charge in [0.2, 0.25) is 11.5 Å². The van der Waals surface area contributed by atoms with Crippen molar-refractivity contribution in [3.63, 3.8) is 0 Å². The Balaban J connectivity index is 1.88. The van der Waals surface area contributed by atoms with Gasteiger partial charge in [-0.2, -0.15) is 0 Å². The first-order chi connectivity index (χ1) is 15.9. The largest absolute Gasteiger partial charge is 0.358 e. The third-order valence-corrected chi connectivity index (χ3v) is 6.38. The molecule has 0 fully saturated rings. The second kappa shape index (κ2) is 9.55. The number of likely N-dealkylation sites (N-methyl/N-ethyl adjacent to an activating group) is 1. The Labute approximate surface area is 197 Å². The van der Waals surface area contributed by atoms with Crippen LogP contribution in [0.3, 0.4) is 0 Å². The number of amides is 1. The van der Waals surface area contributed by atoms with E-state index >= 15 is 0 Å². The predicted octanol–water partition coefficient (Wildman–Crippen LogP) is 2.19. The molecule has 4 rings (SSSR count). The standard InChI is InChI=1S/C22H21ClN6O3S/c1-3-19-26-16-9-8-15(10-17(16)33-19)25-20-27-21(31)29(12-18(30)24-2)22(32)28(20)11-13-4-6-14(23)7-5-13/h4-10H,3,11-12H2,1-2H3,(H,24,30)(H,25,27,31). The van der Waals surface area contributed by atoms with Crippen LogP contribution in [0, 0.1) is 0 Å². The van der Waals surface area contributed by atoms with Crippen LogP contribution in [-0.4, -0.2) is 32.1 Å². The Bertz CT molecular complexity index is 1510. The highest BCUT2D eigenvalue weighted by atomic mass is 35.5. The molecule has 33 heavy (non-hydrogen) atoms. The number of carbonyl (C=O) groups is 1. The minimum absolute atomic E-state index is 0.0766. The number of aromatic amines is 1. The molecular weight excluding hydrogens is 464 g/mol. The van der Waals surface area contributed by atoms with E-state index in [2.05, 4.69) is 20.3 Å². The van der Waals surface area contributed by atoms with Gasteiger partial charge in [-0.25, -0.2) is 24.1 Å². The summed E-state index contributed by atoms with van der Waals surface area (Å²) in [6.45, 7) is 1.77. The number of H-pyrrole nitrogens is 1. The number of nitrogens with one attached hydrogen (secondary N) is 2. The first-order valence-corrected chi connectivity index (χ1v) is 11.4. The smallest absolute Gasteiger partial charge is 0.335 e. The van der Waals surface area contributed by atoms with Gasteiger partial charge in [-0.1, -0.05) is 30.7 Å². The van der Waals surface area contributed by atoms with Crippen LogP contribution >= 0.6 is 22.9 Å². The van der Waals surface area contributed by atoms with Crippen LogP contribution in [0.2, 0.25) is 5.02 Å². The maximum atomic E-state index is 13.2. The van der Waals surface area contributed by atoms with Gasteiger partial charge in [0.05, 0.1) is 27.5 Å². The number of benzene rings is 2. The Morgan fingerprint density at radius 2 is 1.94 bits per heavy atom. The van der Waals surface area contributed by atoms with Gasteiger partial charge in [-0.15, -0.1) is 11.3 Å². The number of aryl methyl sites for hydroxylation is 1. The topological polar surface area (TPSA) is 114 Å². The number of rotatable bonds is 6. The number of hydrogen-bond donors (Lipinski definition) is 2. The summed E-state index contributed by atoms with van der Waals surface area (Å²) >= 11 is 7.55. The fourth-order valence-electron chi connectivity index (χ4n) is 3.22. The lowest BCUT2D eigenvalue weighted by atomic mass is 10.2. The van der Waals surface area contributed by atoms with Gasteiger partial charge in [0.15, 0.2) is 0 Å². The van der Waals surface area contributed by atoms with E-state index in [0.29, 0.717) is 10.7 Å². The molecule has 0 unspecified atom stereocenters. The van der Waals surface area contributed by atoms with Gasteiger partial charge in [0, 0.05) is 12.1 Å². The molecule has 4 aromatic rings. The average Bonchev–Trinajstić information content (AvgIpc) is 3.23. The molecular formula is C22H21ClN6O3S. The molecule has 0 aliphatic rings. The molecule has 0 aliphatic heterocycles. The molecule has 170 valence electrons. The van der Waals surface area contributed by atoms with E-state index in [1.54, 1.807) is 41.7 Å². The normalized spacial score (nSPS) is 11.8. The summed E-state index contributed by atoms with van der Waals surface area (Å²) in [4.78, 5) is 49.4. The number of fused-ring (bicyclic) bond motifs is 1. The van der Waals surface area contributed by atoms with Gasteiger partial charge in [0.1, 0.15) is 6.54 Å². The van der Waals surface area contributed by atoms with E-state index in [1.165, 1.54) is 11.6 Å². The van der Waals surface area contributed by atoms with Crippen molar-refractivity contribution in [1.82, 2.24) is 24.4 Å². The van der Waals surface area contributed by atoms with Crippen LogP contribution in [0.25, 0.3) is 10.2 Å². The summed E-state index contributed by atoms with van der Waals surface area (Å²) in [5.74, 6) is -0.465. The Morgan fingerprint density at radius 3 is 2.64 bits per heavy atom. The molecule has 2 aromatic heterocycles. The molecule has 0 saturated carbocycles. The summed E-state index contributed by atoms with van der Waals surface area (Å²) in [5, 5.41) is 4.00. The summed E-state index contributed by atoms with van der Waals surface area (Å²) in [5.41, 5.74) is 0.928. The molecule has 0 radical (unpaired) electrons. The van der Waals surface area contributed by atoms with Crippen molar-refractivity contribution in [2.24, 2.45) is 4.99 Å². The highest BCUT2D eigenvalue weighted by Gasteiger charge is 2.13. The number of halogens is 1. The zero-order chi connectivity index (χ0) is 23.5. The first kappa shape index (κ1) is 22.7. The highest BCUT2D eigenvalue weighted by Crippen LogP contribution is 2.26. The third-order valence-electron chi connectivity index (χ3n) is 4.97. The average molecular weight is 485 g/mol. The van der Waals surface area contributed by atoms with E-state index in [1.807, 2.05) is 19.1 Å². The summed E-state index contributed by atoms with van der Waals surface area (Å²) in [7, 11) is 1.44. The van der Waals surface area contributed by atoms with Crippen LogP contribution in [0.15, 0.2) is 57.0 Å². The zero-order valence-electron chi connectivity index (χ0n) is 18.0. The predicted molar refractivity (Wildman–Crippen MR) is 128 cm³/mol. The lowest BCUT2D eigenvalue weighted by molar-refractivity contribution is -0.121. The van der Waals surface area contributed by atoms with Crippen molar-refractivity contribution in [3.8, 4) is 0 Å². The second-order valence-corrected chi connectivity index (χ2v) is 8.78. The van der Waals surface area contributed by atoms with Crippen molar-refractivity contribution in [2.45, 2.75) is 26.4 Å². The number of hydrogen-bond acceptors (Lipinski definition) is 6. The third kappa shape index (κ3) is 4.96. The Morgan fingerprint density at radius 1 is 1.18 bits per heavy atom. The maximum absolute atomic E-state index is 13.2. The summed E-state index contributed by atoms with van der Waals surface area (Å²) < 4.78 is 3.13. The van der Waals surface area contributed by atoms with E-state index in [4.69, 9.17) is 11.6 Å². The van der Waals surface area contributed by atoms with Gasteiger partial charge in [-0.05, 0) is 42.3 Å². The van der Waals surface area contributed by atoms with Crippen LogP contribution in [0.4, 0.5) is 5.69 Å². The fraction of sp³-hybridized carbons (Fsp3) is 0.227. The SMILES string of the molecule is CCc1nc2ccc(/N=c3\[nH]c(=O)n(CC(=O)NC)c(=O)n3Cc3ccc(Cl)cc3)cc2s1. The molecule has 0 spiro atoms. The molecule has 0 saturated heterocycles. The molecule has 2 N–H and O–H groups in total. The van der Waals surface area contributed by atoms with Gasteiger partial charge in [0.25, 0.3) is 0 Å². The summed E-state index contributed by atoms with van der Waals surface area (Å²) in [6.07, 6.45) is 0.837. The van der Waals surface area contributed by atoms with E-state index in [9.17, 15) is 14.4 Å². The molecule has 2 aromatic carbocycles. The van der Waals surface area contributed by atoms with Gasteiger partial charge in [-0.3, -0.25) is 14.3 Å². The molecule has 9 nitrogen and oxygen atoms in total. The quantitative estimate of drug-likeness (QED) is 0.436. The molecule has 2 heterocycles. The minimum atomic E-state index is -0.721. The van der Waals surface area contributed by atoms with Crippen molar-refractivity contribution in [1.29, 1.82) is 0 Å². The summed E-state index contributed by atoms with van der Waals surface area (Å²) in [6, 6.07) is 12.5. The van der Waals surface area contributed by atoms with E-state index < -0.39 is 23.8 Å². The maximum Gasteiger partial charge on any atom is 0.335 e. The van der Waals surface area contributed by atoms with Crippen molar-refractivity contribution in [3.05, 3.63) is 84.6 Å². The minimum Gasteiger partial charge on any atom is -0.358 e. The lowest BCUT2D eigenvalue weighted by Gasteiger charge is -2.11. The molecule has 0 aliphatic carbocycles. The van der Waals surface area contributed by atoms with Crippen LogP contribution in [0.1, 0.15) is 17.5 Å². The van der Waals surface area contributed by atoms with E-state index in [0.717, 1.165) is 31.8 Å². The lowest BCUT2D eigenvalue weighted by Crippen LogP contribution is -2.51. The zero-order valence-corrected chi connectivity index (χ0v) is 19.5. The molecule has 11 heteroatoms. The molecule has 0 bridgehead atoms. The van der Waals surface area contributed by atoms with Crippen molar-refractivity contribution in [2.75, 3.05) is 7.05 Å². The van der Waals surface area contributed by atoms with Gasteiger partial charge < -0.3 is 5.32 Å². The van der Waals surface area contributed by atoms with Crippen LogP contribution < -0.4 is 22.3 Å². The first-order valence-electron chi connectivity index (χ1n) is 10.2. The Kier molecular flexibility index (Phi) is 6.57. The van der Waals surface area contributed by atoms with Gasteiger partial charge >= 0.3 is 11.4 Å². The van der Waals surface area contributed by atoms with Crippen LogP contribution in [0.5, 0.6) is 0 Å². The van der Waals surface area contributed by atoms with Crippen LogP contribution in [-0.2, 0) is 24.3 Å². The Hall–Kier alpha value is -3.50. The van der Waals surface area contributed by atoms with Crippen molar-refractivity contribution >= 4 is 44.7 Å². The highest BCUT2D eigenvalue weighted by molar-refractivity contribution is 7.18. The molecule has 1 amide bonds. The number of aromatic nitrogens is 4. The molecule has 0 atom stereocenters. The fourth-order valence-corrected chi connectivity index (χ4v) is 4.29. The number of nitrogens with zero attached hydrogens (tertiary/aromatic N) is 4. The monoisotopic (exact) mass is 484 g/mol. The van der Waals surface area contributed by atoms with E-state index in [-0.39, 0.29) is 12.2 Å². The second-order valence-electron chi connectivity index (χ2n) is 7.23. The number of thiazole rings is 1. The van der Waals surface area contributed by atoms with Crippen molar-refractivity contribution < 1.29 is 4.79 Å². The number of carbonyl (C=O) groups excluding carboxylic acids is 1.